The van der Waals surface area contributed by atoms with Gasteiger partial charge in [0.1, 0.15) is 30.4 Å². The second-order valence-electron chi connectivity index (χ2n) is 4.48. The topological polar surface area (TPSA) is 160 Å². The van der Waals surface area contributed by atoms with Crippen LogP contribution in [0.2, 0.25) is 0 Å². The minimum Gasteiger partial charge on any atom is -0.394 e. The van der Waals surface area contributed by atoms with Gasteiger partial charge in [0, 0.05) is 0 Å². The highest BCUT2D eigenvalue weighted by Crippen LogP contribution is 2.35. The summed E-state index contributed by atoms with van der Waals surface area (Å²) in [6.45, 7) is -0.565. The van der Waals surface area contributed by atoms with E-state index in [0.717, 1.165) is 10.9 Å². The molecule has 0 aliphatic carbocycles. The Labute approximate surface area is 112 Å². The Balaban J connectivity index is 2.13. The molecule has 0 amide bonds. The summed E-state index contributed by atoms with van der Waals surface area (Å²) in [6, 6.07) is 0. The minimum absolute atomic E-state index is 0.101. The van der Waals surface area contributed by atoms with E-state index in [1.165, 1.54) is 6.33 Å². The van der Waals surface area contributed by atoms with Crippen LogP contribution in [0.3, 0.4) is 0 Å². The molecule has 0 aromatic carbocycles. The Bertz CT molecular complexity index is 648. The lowest BCUT2D eigenvalue weighted by Gasteiger charge is -2.27. The Morgan fingerprint density at radius 1 is 1.35 bits per heavy atom. The van der Waals surface area contributed by atoms with Crippen molar-refractivity contribution in [3.8, 4) is 0 Å². The maximum absolute atomic E-state index is 10.5. The van der Waals surface area contributed by atoms with Gasteiger partial charge in [-0.3, -0.25) is 4.57 Å². The molecule has 4 atom stereocenters. The van der Waals surface area contributed by atoms with Gasteiger partial charge < -0.3 is 30.9 Å². The van der Waals surface area contributed by atoms with Crippen molar-refractivity contribution in [2.75, 3.05) is 12.3 Å². The fraction of sp³-hybridized carbons (Fsp3) is 0.500. The SMILES string of the molecule is Nc1ncnc2c1ncn2[C@@]1(O)O[C@H](CO)[C@H](O)[C@H]1O. The molecule has 1 saturated heterocycles. The predicted molar refractivity (Wildman–Crippen MR) is 63.9 cm³/mol. The molecule has 3 heterocycles. The Hall–Kier alpha value is -1.85. The van der Waals surface area contributed by atoms with Gasteiger partial charge in [-0.15, -0.1) is 0 Å². The first-order valence-electron chi connectivity index (χ1n) is 5.80. The van der Waals surface area contributed by atoms with E-state index < -0.39 is 30.8 Å². The number of nitrogens with zero attached hydrogens (tertiary/aromatic N) is 4. The molecule has 0 saturated carbocycles. The van der Waals surface area contributed by atoms with Gasteiger partial charge in [-0.05, 0) is 0 Å². The number of aromatic nitrogens is 4. The molecule has 1 aliphatic rings. The number of aliphatic hydroxyl groups excluding tert-OH is 3. The molecule has 0 radical (unpaired) electrons. The van der Waals surface area contributed by atoms with Crippen LogP contribution in [-0.4, -0.2) is 64.9 Å². The zero-order chi connectivity index (χ0) is 14.5. The van der Waals surface area contributed by atoms with Crippen molar-refractivity contribution in [2.24, 2.45) is 0 Å². The third kappa shape index (κ3) is 1.60. The Morgan fingerprint density at radius 2 is 2.10 bits per heavy atom. The molecule has 3 rings (SSSR count). The summed E-state index contributed by atoms with van der Waals surface area (Å²) in [5.41, 5.74) is 5.98. The van der Waals surface area contributed by atoms with E-state index >= 15 is 0 Å². The Kier molecular flexibility index (Phi) is 2.84. The van der Waals surface area contributed by atoms with Crippen LogP contribution >= 0.6 is 0 Å². The standard InChI is InChI=1S/C10H13N5O5/c11-8-5-9(13-2-12-8)15(3-14-5)10(19)7(18)6(17)4(1-16)20-10/h2-4,6-7,16-19H,1H2,(H2,11,12,13)/t4-,6+,7-,10+/m1/s1. The first-order chi connectivity index (χ1) is 9.49. The normalized spacial score (nSPS) is 33.9. The van der Waals surface area contributed by atoms with Gasteiger partial charge in [0.2, 0.25) is 0 Å². The maximum Gasteiger partial charge on any atom is 0.286 e. The molecule has 6 N–H and O–H groups in total. The number of aliphatic hydroxyl groups is 4. The second-order valence-corrected chi connectivity index (χ2v) is 4.48. The molecule has 1 fully saturated rings. The summed E-state index contributed by atoms with van der Waals surface area (Å²) in [5, 5.41) is 39.2. The molecular formula is C10H13N5O5. The van der Waals surface area contributed by atoms with Crippen LogP contribution in [-0.2, 0) is 10.6 Å². The lowest BCUT2D eigenvalue weighted by Crippen LogP contribution is -2.45. The molecule has 10 nitrogen and oxygen atoms in total. The van der Waals surface area contributed by atoms with Gasteiger partial charge in [0.15, 0.2) is 17.6 Å². The highest BCUT2D eigenvalue weighted by atomic mass is 16.7. The summed E-state index contributed by atoms with van der Waals surface area (Å²) >= 11 is 0. The average Bonchev–Trinajstić information content (AvgIpc) is 2.96. The van der Waals surface area contributed by atoms with E-state index in [1.54, 1.807) is 0 Å². The number of imidazole rings is 1. The number of nitrogens with two attached hydrogens (primary N) is 1. The van der Waals surface area contributed by atoms with Crippen LogP contribution in [0.15, 0.2) is 12.7 Å². The van der Waals surface area contributed by atoms with Crippen LogP contribution in [0.4, 0.5) is 5.82 Å². The van der Waals surface area contributed by atoms with Gasteiger partial charge >= 0.3 is 0 Å². The lowest BCUT2D eigenvalue weighted by atomic mass is 10.1. The first-order valence-corrected chi connectivity index (χ1v) is 5.80. The number of hydrogen-bond donors (Lipinski definition) is 5. The van der Waals surface area contributed by atoms with E-state index in [1.807, 2.05) is 0 Å². The third-order valence-corrected chi connectivity index (χ3v) is 3.30. The van der Waals surface area contributed by atoms with Crippen molar-refractivity contribution in [3.05, 3.63) is 12.7 Å². The molecule has 0 bridgehead atoms. The molecule has 2 aromatic rings. The summed E-state index contributed by atoms with van der Waals surface area (Å²) in [7, 11) is 0. The minimum atomic E-state index is -2.30. The van der Waals surface area contributed by atoms with Crippen LogP contribution in [0.5, 0.6) is 0 Å². The summed E-state index contributed by atoms with van der Waals surface area (Å²) in [5.74, 6) is -2.20. The Morgan fingerprint density at radius 3 is 2.75 bits per heavy atom. The van der Waals surface area contributed by atoms with E-state index in [-0.39, 0.29) is 17.0 Å². The summed E-state index contributed by atoms with van der Waals surface area (Å²) in [4.78, 5) is 11.6. The number of anilines is 1. The van der Waals surface area contributed by atoms with Crippen molar-refractivity contribution in [1.29, 1.82) is 0 Å². The molecule has 0 unspecified atom stereocenters. The quantitative estimate of drug-likeness (QED) is 0.390. The zero-order valence-electron chi connectivity index (χ0n) is 10.2. The van der Waals surface area contributed by atoms with Crippen molar-refractivity contribution >= 4 is 17.0 Å². The van der Waals surface area contributed by atoms with Crippen molar-refractivity contribution < 1.29 is 25.2 Å². The van der Waals surface area contributed by atoms with Crippen LogP contribution in [0.1, 0.15) is 0 Å². The summed E-state index contributed by atoms with van der Waals surface area (Å²) < 4.78 is 6.17. The van der Waals surface area contributed by atoms with E-state index in [4.69, 9.17) is 15.6 Å². The van der Waals surface area contributed by atoms with Crippen LogP contribution in [0.25, 0.3) is 11.2 Å². The molecule has 1 aliphatic heterocycles. The van der Waals surface area contributed by atoms with Gasteiger partial charge in [0.25, 0.3) is 5.91 Å². The number of hydrogen-bond acceptors (Lipinski definition) is 9. The fourth-order valence-corrected chi connectivity index (χ4v) is 2.22. The number of nitrogen functional groups attached to an aromatic ring is 1. The van der Waals surface area contributed by atoms with Crippen LogP contribution in [0, 0.1) is 0 Å². The average molecular weight is 283 g/mol. The largest absolute Gasteiger partial charge is 0.394 e. The number of rotatable bonds is 2. The van der Waals surface area contributed by atoms with Gasteiger partial charge in [-0.2, -0.15) is 0 Å². The molecule has 2 aromatic heterocycles. The summed E-state index contributed by atoms with van der Waals surface area (Å²) in [6.07, 6.45) is -1.95. The highest BCUT2D eigenvalue weighted by Gasteiger charge is 2.55. The van der Waals surface area contributed by atoms with Crippen LogP contribution < -0.4 is 5.73 Å². The van der Waals surface area contributed by atoms with E-state index in [0.29, 0.717) is 0 Å². The maximum atomic E-state index is 10.5. The van der Waals surface area contributed by atoms with Gasteiger partial charge in [0.05, 0.1) is 6.61 Å². The fourth-order valence-electron chi connectivity index (χ4n) is 2.22. The van der Waals surface area contributed by atoms with Gasteiger partial charge in [-0.25, -0.2) is 15.0 Å². The monoisotopic (exact) mass is 283 g/mol. The molecule has 20 heavy (non-hydrogen) atoms. The second kappa shape index (κ2) is 4.33. The predicted octanol–water partition coefficient (Wildman–Crippen LogP) is -2.88. The number of fused-ring (bicyclic) bond motifs is 1. The van der Waals surface area contributed by atoms with Crippen molar-refractivity contribution in [3.63, 3.8) is 0 Å². The van der Waals surface area contributed by atoms with E-state index in [9.17, 15) is 15.3 Å². The lowest BCUT2D eigenvalue weighted by molar-refractivity contribution is -0.287. The number of ether oxygens (including phenoxy) is 1. The zero-order valence-corrected chi connectivity index (χ0v) is 10.2. The highest BCUT2D eigenvalue weighted by molar-refractivity contribution is 5.81. The van der Waals surface area contributed by atoms with E-state index in [2.05, 4.69) is 15.0 Å². The molecule has 108 valence electrons. The molecular weight excluding hydrogens is 270 g/mol. The van der Waals surface area contributed by atoms with Gasteiger partial charge in [-0.1, -0.05) is 0 Å². The molecule has 10 heteroatoms. The third-order valence-electron chi connectivity index (χ3n) is 3.30. The van der Waals surface area contributed by atoms with Crippen molar-refractivity contribution in [2.45, 2.75) is 24.2 Å². The first kappa shape index (κ1) is 13.1. The van der Waals surface area contributed by atoms with Crippen molar-refractivity contribution in [1.82, 2.24) is 19.5 Å². The molecule has 0 spiro atoms. The smallest absolute Gasteiger partial charge is 0.286 e.